The minimum Gasteiger partial charge on any atom is -0.366 e. The van der Waals surface area contributed by atoms with Gasteiger partial charge in [0.05, 0.1) is 15.1 Å². The second-order valence-electron chi connectivity index (χ2n) is 4.72. The number of carbonyl (C=O) groups excluding carboxylic acids is 2. The van der Waals surface area contributed by atoms with E-state index in [1.807, 2.05) is 0 Å². The smallest absolute Gasteiger partial charge is 0.284 e. The normalized spacial score (nSPS) is 10.7. The number of hydrogen-bond acceptors (Lipinski definition) is 5. The quantitative estimate of drug-likeness (QED) is 0.458. The fourth-order valence-electron chi connectivity index (χ4n) is 1.87. The lowest BCUT2D eigenvalue weighted by Gasteiger charge is -2.02. The Morgan fingerprint density at radius 1 is 1.08 bits per heavy atom. The van der Waals surface area contributed by atoms with Crippen molar-refractivity contribution in [3.05, 3.63) is 67.7 Å². The van der Waals surface area contributed by atoms with E-state index in [-0.39, 0.29) is 22.5 Å². The molecule has 2 aromatic carbocycles. The summed E-state index contributed by atoms with van der Waals surface area (Å²) in [7, 11) is 0. The largest absolute Gasteiger partial charge is 0.366 e. The standard InChI is InChI=1S/C15H11BrN4O4/c16-12-2-1-8(3-13(12)20(23)24)7-19-11-5-9(14(17)21)4-10(6-11)15(18)22/h1-7H,(H2,17,21)(H2,18,22). The van der Waals surface area contributed by atoms with Crippen molar-refractivity contribution in [2.24, 2.45) is 16.5 Å². The van der Waals surface area contributed by atoms with Gasteiger partial charge in [-0.2, -0.15) is 0 Å². The van der Waals surface area contributed by atoms with Crippen LogP contribution in [-0.2, 0) is 0 Å². The molecule has 122 valence electrons. The summed E-state index contributed by atoms with van der Waals surface area (Å²) >= 11 is 3.09. The zero-order chi connectivity index (χ0) is 17.9. The van der Waals surface area contributed by atoms with Gasteiger partial charge in [0.2, 0.25) is 11.8 Å². The van der Waals surface area contributed by atoms with Gasteiger partial charge in [0.15, 0.2) is 0 Å². The Morgan fingerprint density at radius 2 is 1.67 bits per heavy atom. The summed E-state index contributed by atoms with van der Waals surface area (Å²) in [5.41, 5.74) is 11.2. The highest BCUT2D eigenvalue weighted by atomic mass is 79.9. The first-order chi connectivity index (χ1) is 11.3. The van der Waals surface area contributed by atoms with Crippen LogP contribution in [0.25, 0.3) is 0 Å². The number of carbonyl (C=O) groups is 2. The number of nitro benzene ring substituents is 1. The van der Waals surface area contributed by atoms with Crippen LogP contribution < -0.4 is 11.5 Å². The zero-order valence-corrected chi connectivity index (χ0v) is 13.7. The molecule has 2 rings (SSSR count). The molecule has 0 unspecified atom stereocenters. The van der Waals surface area contributed by atoms with Crippen molar-refractivity contribution in [1.29, 1.82) is 0 Å². The minimum atomic E-state index is -0.728. The van der Waals surface area contributed by atoms with E-state index >= 15 is 0 Å². The summed E-state index contributed by atoms with van der Waals surface area (Å²) < 4.78 is 0.344. The number of nitro groups is 1. The average molecular weight is 391 g/mol. The van der Waals surface area contributed by atoms with Gasteiger partial charge in [0.25, 0.3) is 5.69 Å². The summed E-state index contributed by atoms with van der Waals surface area (Å²) in [5.74, 6) is -1.46. The molecule has 0 saturated heterocycles. The molecule has 0 atom stereocenters. The Labute approximate surface area is 144 Å². The van der Waals surface area contributed by atoms with Crippen LogP contribution in [0.2, 0.25) is 0 Å². The Balaban J connectivity index is 2.42. The van der Waals surface area contributed by atoms with Crippen LogP contribution in [0.1, 0.15) is 26.3 Å². The molecule has 0 aliphatic carbocycles. The molecule has 24 heavy (non-hydrogen) atoms. The highest BCUT2D eigenvalue weighted by Gasteiger charge is 2.12. The number of halogens is 1. The van der Waals surface area contributed by atoms with Gasteiger partial charge in [-0.1, -0.05) is 6.07 Å². The van der Waals surface area contributed by atoms with Crippen molar-refractivity contribution < 1.29 is 14.5 Å². The van der Waals surface area contributed by atoms with E-state index in [4.69, 9.17) is 11.5 Å². The monoisotopic (exact) mass is 390 g/mol. The van der Waals surface area contributed by atoms with Crippen LogP contribution in [0.5, 0.6) is 0 Å². The van der Waals surface area contributed by atoms with Gasteiger partial charge in [0.1, 0.15) is 0 Å². The third-order valence-corrected chi connectivity index (χ3v) is 3.69. The lowest BCUT2D eigenvalue weighted by atomic mass is 10.1. The highest BCUT2D eigenvalue weighted by molar-refractivity contribution is 9.10. The van der Waals surface area contributed by atoms with Crippen molar-refractivity contribution in [1.82, 2.24) is 0 Å². The number of benzene rings is 2. The van der Waals surface area contributed by atoms with Gasteiger partial charge in [-0.25, -0.2) is 0 Å². The summed E-state index contributed by atoms with van der Waals surface area (Å²) in [6, 6.07) is 8.52. The second-order valence-corrected chi connectivity index (χ2v) is 5.58. The van der Waals surface area contributed by atoms with Crippen LogP contribution in [0.3, 0.4) is 0 Å². The molecule has 0 aliphatic rings. The Morgan fingerprint density at radius 3 is 2.17 bits per heavy atom. The minimum absolute atomic E-state index is 0.0836. The van der Waals surface area contributed by atoms with E-state index in [0.29, 0.717) is 10.0 Å². The van der Waals surface area contributed by atoms with Crippen molar-refractivity contribution >= 4 is 45.3 Å². The van der Waals surface area contributed by atoms with Crippen LogP contribution in [0.15, 0.2) is 45.9 Å². The van der Waals surface area contributed by atoms with Crippen LogP contribution in [-0.4, -0.2) is 23.0 Å². The van der Waals surface area contributed by atoms with E-state index in [0.717, 1.165) is 0 Å². The molecular weight excluding hydrogens is 380 g/mol. The fraction of sp³-hybridized carbons (Fsp3) is 0. The Hall–Kier alpha value is -3.07. The first-order valence-corrected chi connectivity index (χ1v) is 7.30. The molecule has 2 aromatic rings. The van der Waals surface area contributed by atoms with Crippen molar-refractivity contribution in [3.8, 4) is 0 Å². The molecule has 8 nitrogen and oxygen atoms in total. The summed E-state index contributed by atoms with van der Waals surface area (Å²) in [5, 5.41) is 10.9. The van der Waals surface area contributed by atoms with Crippen LogP contribution in [0.4, 0.5) is 11.4 Å². The third kappa shape index (κ3) is 4.02. The van der Waals surface area contributed by atoms with Gasteiger partial charge in [-0.15, -0.1) is 0 Å². The topological polar surface area (TPSA) is 142 Å². The molecule has 9 heteroatoms. The molecular formula is C15H11BrN4O4. The number of rotatable bonds is 5. The number of hydrogen-bond donors (Lipinski definition) is 2. The van der Waals surface area contributed by atoms with Crippen molar-refractivity contribution in [2.75, 3.05) is 0 Å². The van der Waals surface area contributed by atoms with Crippen LogP contribution in [0, 0.1) is 10.1 Å². The van der Waals surface area contributed by atoms with E-state index in [9.17, 15) is 19.7 Å². The molecule has 0 spiro atoms. The maximum atomic E-state index is 11.3. The van der Waals surface area contributed by atoms with E-state index in [1.54, 1.807) is 6.07 Å². The summed E-state index contributed by atoms with van der Waals surface area (Å²) in [6.45, 7) is 0. The molecule has 0 aromatic heterocycles. The van der Waals surface area contributed by atoms with E-state index in [2.05, 4.69) is 20.9 Å². The number of primary amides is 2. The zero-order valence-electron chi connectivity index (χ0n) is 12.1. The molecule has 0 aliphatic heterocycles. The van der Waals surface area contributed by atoms with Crippen molar-refractivity contribution in [2.45, 2.75) is 0 Å². The maximum Gasteiger partial charge on any atom is 0.284 e. The SMILES string of the molecule is NC(=O)c1cc(N=Cc2ccc(Br)c([N+](=O)[O-])c2)cc(C(N)=O)c1. The molecule has 0 fully saturated rings. The predicted octanol–water partition coefficient (Wildman–Crippen LogP) is 2.31. The Kier molecular flexibility index (Phi) is 5.05. The first-order valence-electron chi connectivity index (χ1n) is 6.50. The first kappa shape index (κ1) is 17.3. The van der Waals surface area contributed by atoms with E-state index < -0.39 is 16.7 Å². The van der Waals surface area contributed by atoms with E-state index in [1.165, 1.54) is 36.5 Å². The van der Waals surface area contributed by atoms with Gasteiger partial charge in [-0.05, 0) is 45.8 Å². The molecule has 0 heterocycles. The van der Waals surface area contributed by atoms with Crippen LogP contribution >= 0.6 is 15.9 Å². The molecule has 0 bridgehead atoms. The number of amides is 2. The van der Waals surface area contributed by atoms with Gasteiger partial charge < -0.3 is 11.5 Å². The second kappa shape index (κ2) is 7.01. The van der Waals surface area contributed by atoms with Gasteiger partial charge >= 0.3 is 0 Å². The third-order valence-electron chi connectivity index (χ3n) is 3.02. The predicted molar refractivity (Wildman–Crippen MR) is 91.5 cm³/mol. The lowest BCUT2D eigenvalue weighted by Crippen LogP contribution is -2.15. The Bertz CT molecular complexity index is 848. The molecule has 0 radical (unpaired) electrons. The molecule has 0 saturated carbocycles. The lowest BCUT2D eigenvalue weighted by molar-refractivity contribution is -0.385. The molecule has 2 amide bonds. The summed E-state index contributed by atoms with van der Waals surface area (Å²) in [6.07, 6.45) is 1.37. The average Bonchev–Trinajstić information content (AvgIpc) is 2.53. The highest BCUT2D eigenvalue weighted by Crippen LogP contribution is 2.25. The van der Waals surface area contributed by atoms with Gasteiger partial charge in [0, 0.05) is 23.4 Å². The van der Waals surface area contributed by atoms with Gasteiger partial charge in [-0.3, -0.25) is 24.7 Å². The molecule has 4 N–H and O–H groups in total. The summed E-state index contributed by atoms with van der Waals surface area (Å²) in [4.78, 5) is 37.1. The van der Waals surface area contributed by atoms with Crippen molar-refractivity contribution in [3.63, 3.8) is 0 Å². The fourth-order valence-corrected chi connectivity index (χ4v) is 2.26. The maximum absolute atomic E-state index is 11.3. The number of nitrogens with two attached hydrogens (primary N) is 2. The number of nitrogens with zero attached hydrogens (tertiary/aromatic N) is 2. The number of aliphatic imine (C=N–C) groups is 1.